The zero-order valence-corrected chi connectivity index (χ0v) is 18.7. The normalized spacial score (nSPS) is 11.0. The van der Waals surface area contributed by atoms with Gasteiger partial charge in [0.15, 0.2) is 11.5 Å². The van der Waals surface area contributed by atoms with Gasteiger partial charge in [-0.15, -0.1) is 0 Å². The number of ether oxygens (including phenoxy) is 4. The first-order chi connectivity index (χ1) is 13.9. The van der Waals surface area contributed by atoms with Crippen LogP contribution in [0.25, 0.3) is 10.8 Å². The van der Waals surface area contributed by atoms with Crippen LogP contribution in [0.3, 0.4) is 0 Å². The first-order valence-electron chi connectivity index (χ1n) is 10.3. The van der Waals surface area contributed by atoms with Crippen molar-refractivity contribution in [3.05, 3.63) is 23.2 Å². The number of carbonyl (C=O) groups excluding carboxylic acids is 1. The zero-order chi connectivity index (χ0) is 21.4. The van der Waals surface area contributed by atoms with Gasteiger partial charge in [-0.25, -0.2) is 0 Å². The van der Waals surface area contributed by atoms with Crippen molar-refractivity contribution in [1.29, 1.82) is 0 Å². The minimum atomic E-state index is -0.341. The summed E-state index contributed by atoms with van der Waals surface area (Å²) in [6, 6.07) is 5.38. The highest BCUT2D eigenvalue weighted by Crippen LogP contribution is 2.52. The molecule has 0 saturated carbocycles. The van der Waals surface area contributed by atoms with E-state index in [9.17, 15) is 4.79 Å². The Hall–Kier alpha value is -2.14. The van der Waals surface area contributed by atoms with Crippen molar-refractivity contribution < 1.29 is 23.7 Å². The molecule has 0 unspecified atom stereocenters. The molecule has 0 aromatic heterocycles. The first-order valence-corrected chi connectivity index (χ1v) is 10.7. The second kappa shape index (κ2) is 11.1. The first kappa shape index (κ1) is 23.1. The maximum absolute atomic E-state index is 12.5. The molecule has 0 spiro atoms. The number of benzene rings is 2. The molecule has 5 nitrogen and oxygen atoms in total. The van der Waals surface area contributed by atoms with Gasteiger partial charge >= 0.3 is 5.97 Å². The molecule has 0 amide bonds. The Morgan fingerprint density at radius 2 is 1.34 bits per heavy atom. The van der Waals surface area contributed by atoms with Crippen LogP contribution in [0.15, 0.2) is 18.2 Å². The molecule has 0 aliphatic rings. The van der Waals surface area contributed by atoms with Crippen LogP contribution < -0.4 is 18.9 Å². The van der Waals surface area contributed by atoms with Crippen LogP contribution in [0.4, 0.5) is 0 Å². The van der Waals surface area contributed by atoms with Crippen LogP contribution in [0.2, 0.25) is 5.02 Å². The number of halogens is 1. The van der Waals surface area contributed by atoms with Crippen molar-refractivity contribution in [1.82, 2.24) is 0 Å². The quantitative estimate of drug-likeness (QED) is 0.309. The number of hydrogen-bond acceptors (Lipinski definition) is 5. The van der Waals surface area contributed by atoms with E-state index in [-0.39, 0.29) is 11.9 Å². The van der Waals surface area contributed by atoms with E-state index in [1.165, 1.54) is 0 Å². The molecule has 0 fully saturated rings. The fourth-order valence-corrected chi connectivity index (χ4v) is 2.86. The van der Waals surface area contributed by atoms with Crippen LogP contribution in [0.5, 0.6) is 23.0 Å². The van der Waals surface area contributed by atoms with Gasteiger partial charge in [-0.05, 0) is 37.5 Å². The lowest BCUT2D eigenvalue weighted by molar-refractivity contribution is -0.137. The predicted octanol–water partition coefficient (Wildman–Crippen LogP) is 6.42. The number of rotatable bonds is 11. The number of fused-ring (bicyclic) bond motifs is 1. The fourth-order valence-electron chi connectivity index (χ4n) is 2.69. The molecule has 0 N–H and O–H groups in total. The van der Waals surface area contributed by atoms with Gasteiger partial charge in [0.1, 0.15) is 0 Å². The molecule has 6 heteroatoms. The van der Waals surface area contributed by atoms with Crippen molar-refractivity contribution in [2.24, 2.45) is 5.92 Å². The maximum Gasteiger partial charge on any atom is 0.313 e. The SMILES string of the molecule is CCCOc1c(OCCC)c(OC(=O)C(C)C)c2ccc(Cl)cc2c1OCCC. The molecule has 0 bridgehead atoms. The topological polar surface area (TPSA) is 54.0 Å². The van der Waals surface area contributed by atoms with Crippen molar-refractivity contribution in [3.63, 3.8) is 0 Å². The Morgan fingerprint density at radius 1 is 0.828 bits per heavy atom. The van der Waals surface area contributed by atoms with Gasteiger partial charge in [0.05, 0.1) is 25.7 Å². The van der Waals surface area contributed by atoms with E-state index in [0.29, 0.717) is 53.2 Å². The van der Waals surface area contributed by atoms with Gasteiger partial charge in [-0.3, -0.25) is 4.79 Å². The molecule has 0 atom stereocenters. The summed E-state index contributed by atoms with van der Waals surface area (Å²) in [5, 5.41) is 1.99. The van der Waals surface area contributed by atoms with E-state index in [1.807, 2.05) is 26.8 Å². The third-order valence-electron chi connectivity index (χ3n) is 4.12. The average molecular weight is 423 g/mol. The zero-order valence-electron chi connectivity index (χ0n) is 18.0. The summed E-state index contributed by atoms with van der Waals surface area (Å²) >= 11 is 6.28. The van der Waals surface area contributed by atoms with Crippen molar-refractivity contribution in [2.45, 2.75) is 53.9 Å². The van der Waals surface area contributed by atoms with Crippen LogP contribution >= 0.6 is 11.6 Å². The van der Waals surface area contributed by atoms with Gasteiger partial charge in [0.2, 0.25) is 11.5 Å². The molecular weight excluding hydrogens is 392 g/mol. The second-order valence-corrected chi connectivity index (χ2v) is 7.56. The molecule has 0 aliphatic carbocycles. The monoisotopic (exact) mass is 422 g/mol. The average Bonchev–Trinajstić information content (AvgIpc) is 2.70. The minimum Gasteiger partial charge on any atom is -0.489 e. The highest BCUT2D eigenvalue weighted by atomic mass is 35.5. The summed E-state index contributed by atoms with van der Waals surface area (Å²) in [5.74, 6) is 1.14. The minimum absolute atomic E-state index is 0.285. The van der Waals surface area contributed by atoms with E-state index in [0.717, 1.165) is 24.6 Å². The summed E-state index contributed by atoms with van der Waals surface area (Å²) in [4.78, 5) is 12.5. The van der Waals surface area contributed by atoms with Crippen LogP contribution in [-0.2, 0) is 4.79 Å². The Bertz CT molecular complexity index is 832. The Labute approximate surface area is 178 Å². The molecule has 0 heterocycles. The molecular formula is C23H31ClO5. The van der Waals surface area contributed by atoms with E-state index in [2.05, 4.69) is 0 Å². The molecule has 0 radical (unpaired) electrons. The van der Waals surface area contributed by atoms with Gasteiger partial charge in [-0.1, -0.05) is 46.2 Å². The highest BCUT2D eigenvalue weighted by Gasteiger charge is 2.27. The largest absolute Gasteiger partial charge is 0.489 e. The smallest absolute Gasteiger partial charge is 0.313 e. The third kappa shape index (κ3) is 5.69. The molecule has 160 valence electrons. The maximum atomic E-state index is 12.5. The Balaban J connectivity index is 2.81. The van der Waals surface area contributed by atoms with Gasteiger partial charge < -0.3 is 18.9 Å². The molecule has 2 rings (SSSR count). The van der Waals surface area contributed by atoms with Crippen molar-refractivity contribution >= 4 is 28.3 Å². The summed E-state index contributed by atoms with van der Waals surface area (Å²) in [7, 11) is 0. The molecule has 2 aromatic carbocycles. The molecule has 0 saturated heterocycles. The van der Waals surface area contributed by atoms with E-state index >= 15 is 0 Å². The van der Waals surface area contributed by atoms with Crippen LogP contribution in [0, 0.1) is 5.92 Å². The van der Waals surface area contributed by atoms with Crippen LogP contribution in [-0.4, -0.2) is 25.8 Å². The third-order valence-corrected chi connectivity index (χ3v) is 4.35. The van der Waals surface area contributed by atoms with Crippen molar-refractivity contribution in [3.8, 4) is 23.0 Å². The summed E-state index contributed by atoms with van der Waals surface area (Å²) in [6.45, 7) is 11.1. The summed E-state index contributed by atoms with van der Waals surface area (Å²) < 4.78 is 24.0. The Kier molecular flexibility index (Phi) is 8.90. The van der Waals surface area contributed by atoms with E-state index in [1.54, 1.807) is 26.0 Å². The standard InChI is InChI=1S/C23H31ClO5/c1-6-11-26-19-18-14-16(24)9-10-17(18)20(29-23(25)15(4)5)22(28-13-8-3)21(19)27-12-7-2/h9-10,14-15H,6-8,11-13H2,1-5H3. The van der Waals surface area contributed by atoms with E-state index < -0.39 is 0 Å². The molecule has 29 heavy (non-hydrogen) atoms. The van der Waals surface area contributed by atoms with Gasteiger partial charge in [-0.2, -0.15) is 0 Å². The molecule has 0 aliphatic heterocycles. The van der Waals surface area contributed by atoms with E-state index in [4.69, 9.17) is 30.5 Å². The predicted molar refractivity (Wildman–Crippen MR) is 117 cm³/mol. The van der Waals surface area contributed by atoms with Gasteiger partial charge in [0.25, 0.3) is 0 Å². The fraction of sp³-hybridized carbons (Fsp3) is 0.522. The lowest BCUT2D eigenvalue weighted by Gasteiger charge is -2.22. The summed E-state index contributed by atoms with van der Waals surface area (Å²) in [6.07, 6.45) is 2.45. The van der Waals surface area contributed by atoms with Crippen LogP contribution in [0.1, 0.15) is 53.9 Å². The lowest BCUT2D eigenvalue weighted by Crippen LogP contribution is -2.16. The number of carbonyl (C=O) groups is 1. The van der Waals surface area contributed by atoms with Gasteiger partial charge in [0, 0.05) is 15.8 Å². The number of esters is 1. The van der Waals surface area contributed by atoms with Crippen molar-refractivity contribution in [2.75, 3.05) is 19.8 Å². The summed E-state index contributed by atoms with van der Waals surface area (Å²) in [5.41, 5.74) is 0. The second-order valence-electron chi connectivity index (χ2n) is 7.13. The lowest BCUT2D eigenvalue weighted by atomic mass is 10.1. The molecule has 2 aromatic rings. The number of hydrogen-bond donors (Lipinski definition) is 0. The highest BCUT2D eigenvalue weighted by molar-refractivity contribution is 6.31. The Morgan fingerprint density at radius 3 is 1.86 bits per heavy atom.